The van der Waals surface area contributed by atoms with E-state index in [1.54, 1.807) is 12.3 Å². The number of hydrogen-bond acceptors (Lipinski definition) is 3. The van der Waals surface area contributed by atoms with Gasteiger partial charge in [-0.25, -0.2) is 4.98 Å². The highest BCUT2D eigenvalue weighted by Gasteiger charge is 2.02. The summed E-state index contributed by atoms with van der Waals surface area (Å²) in [5.74, 6) is -0.461. The van der Waals surface area contributed by atoms with Crippen LogP contribution in [0.25, 0.3) is 0 Å². The van der Waals surface area contributed by atoms with Gasteiger partial charge >= 0.3 is 0 Å². The molecule has 0 unspecified atom stereocenters. The zero-order valence-electron chi connectivity index (χ0n) is 7.93. The van der Waals surface area contributed by atoms with Gasteiger partial charge in [-0.3, -0.25) is 4.98 Å². The van der Waals surface area contributed by atoms with Crippen molar-refractivity contribution >= 4 is 0 Å². The van der Waals surface area contributed by atoms with Crippen molar-refractivity contribution in [1.29, 1.82) is 0 Å². The second-order valence-corrected chi connectivity index (χ2v) is 2.90. The summed E-state index contributed by atoms with van der Waals surface area (Å²) in [4.78, 5) is 7.53. The lowest BCUT2D eigenvalue weighted by Gasteiger charge is -2.04. The third kappa shape index (κ3) is 2.49. The van der Waals surface area contributed by atoms with E-state index in [4.69, 9.17) is 4.74 Å². The maximum Gasteiger partial charge on any atom is 0.255 e. The van der Waals surface area contributed by atoms with Gasteiger partial charge in [0.05, 0.1) is 5.69 Å². The van der Waals surface area contributed by atoms with Gasteiger partial charge in [0.25, 0.3) is 5.95 Å². The summed E-state index contributed by atoms with van der Waals surface area (Å²) in [5, 5.41) is 0. The van der Waals surface area contributed by atoms with Crippen LogP contribution < -0.4 is 4.74 Å². The van der Waals surface area contributed by atoms with Gasteiger partial charge in [-0.2, -0.15) is 4.39 Å². The topological polar surface area (TPSA) is 35.0 Å². The van der Waals surface area contributed by atoms with E-state index in [-0.39, 0.29) is 12.4 Å². The van der Waals surface area contributed by atoms with Crippen LogP contribution in [-0.2, 0) is 6.61 Å². The van der Waals surface area contributed by atoms with Crippen molar-refractivity contribution in [2.45, 2.75) is 6.61 Å². The van der Waals surface area contributed by atoms with E-state index >= 15 is 0 Å². The zero-order chi connectivity index (χ0) is 10.5. The predicted octanol–water partition coefficient (Wildman–Crippen LogP) is 2.19. The summed E-state index contributed by atoms with van der Waals surface area (Å²) in [6, 6.07) is 8.63. The van der Waals surface area contributed by atoms with E-state index in [0.717, 1.165) is 5.69 Å². The highest BCUT2D eigenvalue weighted by molar-refractivity contribution is 5.18. The lowest BCUT2D eigenvalue weighted by Crippen LogP contribution is -1.99. The highest BCUT2D eigenvalue weighted by Crippen LogP contribution is 2.14. The lowest BCUT2D eigenvalue weighted by molar-refractivity contribution is 0.281. The first-order valence-corrected chi connectivity index (χ1v) is 4.49. The number of pyridine rings is 2. The molecule has 0 aliphatic heterocycles. The largest absolute Gasteiger partial charge is 0.482 e. The van der Waals surface area contributed by atoms with Gasteiger partial charge < -0.3 is 4.74 Å². The van der Waals surface area contributed by atoms with Gasteiger partial charge in [0, 0.05) is 12.4 Å². The highest BCUT2D eigenvalue weighted by atomic mass is 19.1. The molecule has 0 aromatic carbocycles. The molecule has 0 N–H and O–H groups in total. The Morgan fingerprint density at radius 2 is 1.93 bits per heavy atom. The summed E-state index contributed by atoms with van der Waals surface area (Å²) in [5.41, 5.74) is 0.751. The number of halogens is 1. The number of aromatic nitrogens is 2. The molecule has 0 aliphatic carbocycles. The molecule has 0 bridgehead atoms. The van der Waals surface area contributed by atoms with Crippen molar-refractivity contribution in [2.24, 2.45) is 0 Å². The quantitative estimate of drug-likeness (QED) is 0.719. The molecule has 0 atom stereocenters. The van der Waals surface area contributed by atoms with Crippen molar-refractivity contribution in [3.05, 3.63) is 54.4 Å². The average molecular weight is 204 g/mol. The van der Waals surface area contributed by atoms with Crippen LogP contribution in [0.5, 0.6) is 5.75 Å². The Morgan fingerprint density at radius 1 is 1.07 bits per heavy atom. The smallest absolute Gasteiger partial charge is 0.255 e. The molecule has 76 valence electrons. The third-order valence-electron chi connectivity index (χ3n) is 1.83. The van der Waals surface area contributed by atoms with Crippen LogP contribution in [0.3, 0.4) is 0 Å². The molecule has 2 aromatic heterocycles. The Balaban J connectivity index is 2.03. The SMILES string of the molecule is Fc1ncccc1OCc1ccccn1. The fraction of sp³-hybridized carbons (Fsp3) is 0.0909. The molecule has 0 saturated heterocycles. The second-order valence-electron chi connectivity index (χ2n) is 2.90. The van der Waals surface area contributed by atoms with E-state index < -0.39 is 5.95 Å². The predicted molar refractivity (Wildman–Crippen MR) is 52.8 cm³/mol. The van der Waals surface area contributed by atoms with E-state index in [1.807, 2.05) is 18.2 Å². The fourth-order valence-corrected chi connectivity index (χ4v) is 1.11. The molecule has 0 spiro atoms. The first-order valence-electron chi connectivity index (χ1n) is 4.49. The molecule has 0 saturated carbocycles. The minimum Gasteiger partial charge on any atom is -0.482 e. The molecule has 15 heavy (non-hydrogen) atoms. The molecule has 2 aromatic rings. The van der Waals surface area contributed by atoms with Crippen LogP contribution in [0, 0.1) is 5.95 Å². The Kier molecular flexibility index (Phi) is 2.88. The number of hydrogen-bond donors (Lipinski definition) is 0. The summed E-state index contributed by atoms with van der Waals surface area (Å²) < 4.78 is 18.3. The van der Waals surface area contributed by atoms with Gasteiger partial charge in [-0.15, -0.1) is 0 Å². The van der Waals surface area contributed by atoms with Crippen LogP contribution in [0.15, 0.2) is 42.7 Å². The van der Waals surface area contributed by atoms with Gasteiger partial charge in [-0.1, -0.05) is 6.07 Å². The zero-order valence-corrected chi connectivity index (χ0v) is 7.93. The number of rotatable bonds is 3. The lowest BCUT2D eigenvalue weighted by atomic mass is 10.4. The molecule has 2 rings (SSSR count). The maximum atomic E-state index is 13.0. The van der Waals surface area contributed by atoms with Crippen LogP contribution in [0.2, 0.25) is 0 Å². The van der Waals surface area contributed by atoms with E-state index in [0.29, 0.717) is 0 Å². The molecule has 3 nitrogen and oxygen atoms in total. The normalized spacial score (nSPS) is 9.93. The monoisotopic (exact) mass is 204 g/mol. The van der Waals surface area contributed by atoms with Crippen LogP contribution in [-0.4, -0.2) is 9.97 Å². The van der Waals surface area contributed by atoms with Crippen molar-refractivity contribution < 1.29 is 9.13 Å². The summed E-state index contributed by atoms with van der Waals surface area (Å²) in [7, 11) is 0. The van der Waals surface area contributed by atoms with Crippen molar-refractivity contribution in [3.63, 3.8) is 0 Å². The molecule has 2 heterocycles. The summed E-state index contributed by atoms with van der Waals surface area (Å²) in [6.07, 6.45) is 3.04. The summed E-state index contributed by atoms with van der Waals surface area (Å²) >= 11 is 0. The molecule has 4 heteroatoms. The molecular formula is C11H9FN2O. The van der Waals surface area contributed by atoms with E-state index in [1.165, 1.54) is 12.3 Å². The first kappa shape index (κ1) is 9.58. The number of nitrogens with zero attached hydrogens (tertiary/aromatic N) is 2. The van der Waals surface area contributed by atoms with E-state index in [9.17, 15) is 4.39 Å². The van der Waals surface area contributed by atoms with Crippen molar-refractivity contribution in [2.75, 3.05) is 0 Å². The van der Waals surface area contributed by atoms with Crippen molar-refractivity contribution in [1.82, 2.24) is 9.97 Å². The summed E-state index contributed by atoms with van der Waals surface area (Å²) in [6.45, 7) is 0.240. The first-order chi connectivity index (χ1) is 7.36. The number of ether oxygens (including phenoxy) is 1. The minimum atomic E-state index is -0.603. The fourth-order valence-electron chi connectivity index (χ4n) is 1.11. The molecule has 0 radical (unpaired) electrons. The molecule has 0 aliphatic rings. The van der Waals surface area contributed by atoms with E-state index in [2.05, 4.69) is 9.97 Å². The van der Waals surface area contributed by atoms with Crippen molar-refractivity contribution in [3.8, 4) is 5.75 Å². The molecule has 0 fully saturated rings. The average Bonchev–Trinajstić information content (AvgIpc) is 2.29. The van der Waals surface area contributed by atoms with Crippen LogP contribution in [0.4, 0.5) is 4.39 Å². The van der Waals surface area contributed by atoms with Crippen LogP contribution >= 0.6 is 0 Å². The van der Waals surface area contributed by atoms with Gasteiger partial charge in [-0.05, 0) is 24.3 Å². The Labute approximate surface area is 86.6 Å². The second kappa shape index (κ2) is 4.50. The minimum absolute atomic E-state index is 0.142. The van der Waals surface area contributed by atoms with Crippen LogP contribution in [0.1, 0.15) is 5.69 Å². The Hall–Kier alpha value is -1.97. The molecular weight excluding hydrogens is 195 g/mol. The Bertz CT molecular complexity index is 434. The van der Waals surface area contributed by atoms with Gasteiger partial charge in [0.2, 0.25) is 0 Å². The van der Waals surface area contributed by atoms with Gasteiger partial charge in [0.1, 0.15) is 6.61 Å². The molecule has 0 amide bonds. The Morgan fingerprint density at radius 3 is 2.67 bits per heavy atom. The standard InChI is InChI=1S/C11H9FN2O/c12-11-10(5-3-7-14-11)15-8-9-4-1-2-6-13-9/h1-7H,8H2. The van der Waals surface area contributed by atoms with Gasteiger partial charge in [0.15, 0.2) is 5.75 Å². The maximum absolute atomic E-state index is 13.0. The third-order valence-corrected chi connectivity index (χ3v) is 1.83.